The van der Waals surface area contributed by atoms with Crippen LogP contribution in [0.25, 0.3) is 11.0 Å². The summed E-state index contributed by atoms with van der Waals surface area (Å²) in [6, 6.07) is 7.60. The number of benzene rings is 1. The first-order valence-corrected chi connectivity index (χ1v) is 6.54. The van der Waals surface area contributed by atoms with Crippen LogP contribution >= 0.6 is 0 Å². The van der Waals surface area contributed by atoms with E-state index in [0.717, 1.165) is 11.0 Å². The van der Waals surface area contributed by atoms with E-state index in [-0.39, 0.29) is 19.1 Å². The predicted molar refractivity (Wildman–Crippen MR) is 73.6 cm³/mol. The van der Waals surface area contributed by atoms with Gasteiger partial charge < -0.3 is 14.6 Å². The van der Waals surface area contributed by atoms with Crippen molar-refractivity contribution < 1.29 is 9.90 Å². The predicted octanol–water partition coefficient (Wildman–Crippen LogP) is 1.40. The van der Waals surface area contributed by atoms with Gasteiger partial charge in [-0.25, -0.2) is 4.98 Å². The number of nitrogens with zero attached hydrogens (tertiary/aromatic N) is 3. The second kappa shape index (κ2) is 5.84. The van der Waals surface area contributed by atoms with Crippen LogP contribution in [-0.2, 0) is 17.9 Å². The number of rotatable bonds is 5. The molecule has 2 aromatic rings. The van der Waals surface area contributed by atoms with Crippen molar-refractivity contribution in [3.05, 3.63) is 30.1 Å². The van der Waals surface area contributed by atoms with Crippen LogP contribution in [-0.4, -0.2) is 38.6 Å². The Morgan fingerprint density at radius 2 is 2.00 bits per heavy atom. The Morgan fingerprint density at radius 3 is 2.63 bits per heavy atom. The molecule has 0 bridgehead atoms. The third-order valence-electron chi connectivity index (χ3n) is 3.28. The number of carbonyl (C=O) groups is 1. The largest absolute Gasteiger partial charge is 0.388 e. The standard InChI is InChI=1S/C14H19N3O2/c1-3-16(4-2)14(19)9-17-12-8-6-5-7-11(12)15-13(17)10-18/h5-8,18H,3-4,9-10H2,1-2H3. The average Bonchev–Trinajstić information content (AvgIpc) is 2.78. The van der Waals surface area contributed by atoms with E-state index in [0.29, 0.717) is 18.9 Å². The lowest BCUT2D eigenvalue weighted by atomic mass is 10.3. The summed E-state index contributed by atoms with van der Waals surface area (Å²) in [7, 11) is 0. The summed E-state index contributed by atoms with van der Waals surface area (Å²) in [5.74, 6) is 0.574. The van der Waals surface area contributed by atoms with Gasteiger partial charge in [0.2, 0.25) is 5.91 Å². The molecule has 1 aromatic carbocycles. The fourth-order valence-electron chi connectivity index (χ4n) is 2.23. The maximum Gasteiger partial charge on any atom is 0.242 e. The molecule has 0 radical (unpaired) electrons. The maximum absolute atomic E-state index is 12.2. The molecule has 0 saturated carbocycles. The van der Waals surface area contributed by atoms with Crippen LogP contribution in [0, 0.1) is 0 Å². The molecule has 5 nitrogen and oxygen atoms in total. The fraction of sp³-hybridized carbons (Fsp3) is 0.429. The molecule has 1 aromatic heterocycles. The van der Waals surface area contributed by atoms with Crippen molar-refractivity contribution in [3.8, 4) is 0 Å². The van der Waals surface area contributed by atoms with Crippen molar-refractivity contribution >= 4 is 16.9 Å². The number of imidazole rings is 1. The molecule has 0 aliphatic rings. The third-order valence-corrected chi connectivity index (χ3v) is 3.28. The number of carbonyl (C=O) groups excluding carboxylic acids is 1. The van der Waals surface area contributed by atoms with Gasteiger partial charge in [0.25, 0.3) is 0 Å². The number of aliphatic hydroxyl groups excluding tert-OH is 1. The number of hydrogen-bond donors (Lipinski definition) is 1. The Balaban J connectivity index is 2.36. The van der Waals surface area contributed by atoms with Gasteiger partial charge >= 0.3 is 0 Å². The van der Waals surface area contributed by atoms with Gasteiger partial charge in [0.1, 0.15) is 19.0 Å². The van der Waals surface area contributed by atoms with Gasteiger partial charge in [0.05, 0.1) is 11.0 Å². The Labute approximate surface area is 112 Å². The summed E-state index contributed by atoms with van der Waals surface area (Å²) in [5, 5.41) is 9.38. The van der Waals surface area contributed by atoms with E-state index in [9.17, 15) is 9.90 Å². The van der Waals surface area contributed by atoms with E-state index in [4.69, 9.17) is 0 Å². The lowest BCUT2D eigenvalue weighted by molar-refractivity contribution is -0.131. The van der Waals surface area contributed by atoms with Crippen molar-refractivity contribution in [2.75, 3.05) is 13.1 Å². The highest BCUT2D eigenvalue weighted by atomic mass is 16.3. The molecule has 2 rings (SSSR count). The molecule has 0 unspecified atom stereocenters. The zero-order valence-corrected chi connectivity index (χ0v) is 11.3. The zero-order valence-electron chi connectivity index (χ0n) is 11.3. The van der Waals surface area contributed by atoms with Gasteiger partial charge in [-0.2, -0.15) is 0 Å². The molecule has 1 N–H and O–H groups in total. The summed E-state index contributed by atoms with van der Waals surface area (Å²) in [6.45, 7) is 5.35. The van der Waals surface area contributed by atoms with Gasteiger partial charge in [-0.1, -0.05) is 12.1 Å². The summed E-state index contributed by atoms with van der Waals surface area (Å²) in [5.41, 5.74) is 1.69. The Kier molecular flexibility index (Phi) is 4.16. The molecular formula is C14H19N3O2. The Hall–Kier alpha value is -1.88. The molecule has 19 heavy (non-hydrogen) atoms. The summed E-state index contributed by atoms with van der Waals surface area (Å²) < 4.78 is 1.79. The highest BCUT2D eigenvalue weighted by Crippen LogP contribution is 2.16. The molecule has 5 heteroatoms. The van der Waals surface area contributed by atoms with E-state index >= 15 is 0 Å². The molecule has 1 amide bonds. The lowest BCUT2D eigenvalue weighted by Crippen LogP contribution is -2.33. The van der Waals surface area contributed by atoms with Crippen molar-refractivity contribution in [2.24, 2.45) is 0 Å². The SMILES string of the molecule is CCN(CC)C(=O)Cn1c(CO)nc2ccccc21. The molecular weight excluding hydrogens is 242 g/mol. The van der Waals surface area contributed by atoms with Crippen LogP contribution < -0.4 is 0 Å². The molecule has 0 fully saturated rings. The monoisotopic (exact) mass is 261 g/mol. The summed E-state index contributed by atoms with van der Waals surface area (Å²) >= 11 is 0. The van der Waals surface area contributed by atoms with E-state index in [2.05, 4.69) is 4.98 Å². The molecule has 0 saturated heterocycles. The van der Waals surface area contributed by atoms with E-state index in [1.54, 1.807) is 9.47 Å². The minimum atomic E-state index is -0.166. The first kappa shape index (κ1) is 13.5. The number of aromatic nitrogens is 2. The number of amides is 1. The van der Waals surface area contributed by atoms with Crippen LogP contribution in [0.4, 0.5) is 0 Å². The first-order valence-electron chi connectivity index (χ1n) is 6.54. The highest BCUT2D eigenvalue weighted by molar-refractivity contribution is 5.81. The fourth-order valence-corrected chi connectivity index (χ4v) is 2.23. The van der Waals surface area contributed by atoms with Gasteiger partial charge in [-0.05, 0) is 26.0 Å². The van der Waals surface area contributed by atoms with Crippen molar-refractivity contribution in [2.45, 2.75) is 27.0 Å². The number of hydrogen-bond acceptors (Lipinski definition) is 3. The highest BCUT2D eigenvalue weighted by Gasteiger charge is 2.15. The normalized spacial score (nSPS) is 10.9. The minimum Gasteiger partial charge on any atom is -0.388 e. The molecule has 0 aliphatic heterocycles. The van der Waals surface area contributed by atoms with Crippen molar-refractivity contribution in [3.63, 3.8) is 0 Å². The minimum absolute atomic E-state index is 0.0443. The van der Waals surface area contributed by atoms with Gasteiger partial charge in [-0.3, -0.25) is 4.79 Å². The van der Waals surface area contributed by atoms with E-state index in [1.165, 1.54) is 0 Å². The molecule has 0 spiro atoms. The molecule has 1 heterocycles. The topological polar surface area (TPSA) is 58.4 Å². The number of para-hydroxylation sites is 2. The second-order valence-corrected chi connectivity index (χ2v) is 4.33. The van der Waals surface area contributed by atoms with Crippen molar-refractivity contribution in [1.29, 1.82) is 0 Å². The first-order chi connectivity index (χ1) is 9.21. The number of fused-ring (bicyclic) bond motifs is 1. The summed E-state index contributed by atoms with van der Waals surface area (Å²) in [6.07, 6.45) is 0. The molecule has 0 aliphatic carbocycles. The smallest absolute Gasteiger partial charge is 0.242 e. The van der Waals surface area contributed by atoms with E-state index < -0.39 is 0 Å². The lowest BCUT2D eigenvalue weighted by Gasteiger charge is -2.19. The average molecular weight is 261 g/mol. The third kappa shape index (κ3) is 2.61. The van der Waals surface area contributed by atoms with Gasteiger partial charge in [0.15, 0.2) is 0 Å². The van der Waals surface area contributed by atoms with Crippen molar-refractivity contribution in [1.82, 2.24) is 14.5 Å². The van der Waals surface area contributed by atoms with Gasteiger partial charge in [0, 0.05) is 13.1 Å². The van der Waals surface area contributed by atoms with Crippen LogP contribution in [0.15, 0.2) is 24.3 Å². The molecule has 0 atom stereocenters. The zero-order chi connectivity index (χ0) is 13.8. The molecule has 102 valence electrons. The van der Waals surface area contributed by atoms with Crippen LogP contribution in [0.1, 0.15) is 19.7 Å². The van der Waals surface area contributed by atoms with Gasteiger partial charge in [-0.15, -0.1) is 0 Å². The van der Waals surface area contributed by atoms with Crippen LogP contribution in [0.3, 0.4) is 0 Å². The maximum atomic E-state index is 12.2. The van der Waals surface area contributed by atoms with E-state index in [1.807, 2.05) is 38.1 Å². The number of likely N-dealkylation sites (N-methyl/N-ethyl adjacent to an activating group) is 1. The quantitative estimate of drug-likeness (QED) is 0.885. The van der Waals surface area contributed by atoms with Crippen LogP contribution in [0.2, 0.25) is 0 Å². The Bertz CT molecular complexity index is 573. The number of aliphatic hydroxyl groups is 1. The Morgan fingerprint density at radius 1 is 1.32 bits per heavy atom. The van der Waals surface area contributed by atoms with Crippen LogP contribution in [0.5, 0.6) is 0 Å². The summed E-state index contributed by atoms with van der Waals surface area (Å²) in [4.78, 5) is 18.3. The second-order valence-electron chi connectivity index (χ2n) is 4.33.